The summed E-state index contributed by atoms with van der Waals surface area (Å²) in [5, 5.41) is 0. The summed E-state index contributed by atoms with van der Waals surface area (Å²) < 4.78 is 1.80. The van der Waals surface area contributed by atoms with Gasteiger partial charge in [-0.3, -0.25) is 9.20 Å². The van der Waals surface area contributed by atoms with Crippen LogP contribution in [-0.4, -0.2) is 21.8 Å². The van der Waals surface area contributed by atoms with Gasteiger partial charge in [0.25, 0.3) is 5.91 Å². The SMILES string of the molecule is Cc1nc2c(N3CCc4ccccc4C3)cccn2c1C(N)=O. The molecule has 1 aliphatic heterocycles. The number of imidazole rings is 1. The molecule has 2 aromatic heterocycles. The summed E-state index contributed by atoms with van der Waals surface area (Å²) in [6.07, 6.45) is 2.86. The third-order valence-corrected chi connectivity index (χ3v) is 4.51. The molecule has 4 rings (SSSR count). The van der Waals surface area contributed by atoms with Crippen LogP contribution in [0.5, 0.6) is 0 Å². The van der Waals surface area contributed by atoms with E-state index in [2.05, 4.69) is 40.2 Å². The highest BCUT2D eigenvalue weighted by atomic mass is 16.1. The molecule has 1 aromatic carbocycles. The zero-order chi connectivity index (χ0) is 16.0. The van der Waals surface area contributed by atoms with Crippen molar-refractivity contribution in [3.63, 3.8) is 0 Å². The first-order valence-electron chi connectivity index (χ1n) is 7.74. The van der Waals surface area contributed by atoms with Gasteiger partial charge in [0, 0.05) is 19.3 Å². The van der Waals surface area contributed by atoms with E-state index in [1.165, 1.54) is 11.1 Å². The van der Waals surface area contributed by atoms with Crippen LogP contribution in [-0.2, 0) is 13.0 Å². The number of nitrogens with two attached hydrogens (primary N) is 1. The van der Waals surface area contributed by atoms with Gasteiger partial charge in [-0.15, -0.1) is 0 Å². The summed E-state index contributed by atoms with van der Waals surface area (Å²) in [6, 6.07) is 12.5. The Morgan fingerprint density at radius 1 is 1.17 bits per heavy atom. The van der Waals surface area contributed by atoms with E-state index in [1.807, 2.05) is 19.2 Å². The number of nitrogens with zero attached hydrogens (tertiary/aromatic N) is 3. The number of fused-ring (bicyclic) bond motifs is 2. The molecule has 3 heterocycles. The van der Waals surface area contributed by atoms with E-state index < -0.39 is 5.91 Å². The summed E-state index contributed by atoms with van der Waals surface area (Å²) in [4.78, 5) is 18.6. The van der Waals surface area contributed by atoms with Crippen molar-refractivity contribution in [2.24, 2.45) is 5.73 Å². The number of aryl methyl sites for hydroxylation is 1. The fourth-order valence-corrected chi connectivity index (χ4v) is 3.41. The van der Waals surface area contributed by atoms with Crippen molar-refractivity contribution in [1.29, 1.82) is 0 Å². The summed E-state index contributed by atoms with van der Waals surface area (Å²) in [5.74, 6) is -0.448. The zero-order valence-corrected chi connectivity index (χ0v) is 13.0. The molecule has 0 fully saturated rings. The second-order valence-corrected chi connectivity index (χ2v) is 5.94. The number of benzene rings is 1. The van der Waals surface area contributed by atoms with Crippen LogP contribution < -0.4 is 10.6 Å². The summed E-state index contributed by atoms with van der Waals surface area (Å²) in [7, 11) is 0. The molecule has 0 bridgehead atoms. The Bertz CT molecular complexity index is 913. The van der Waals surface area contributed by atoms with E-state index in [9.17, 15) is 4.79 Å². The molecule has 23 heavy (non-hydrogen) atoms. The summed E-state index contributed by atoms with van der Waals surface area (Å²) >= 11 is 0. The molecule has 0 spiro atoms. The van der Waals surface area contributed by atoms with E-state index in [-0.39, 0.29) is 0 Å². The van der Waals surface area contributed by atoms with Gasteiger partial charge in [0.2, 0.25) is 0 Å². The zero-order valence-electron chi connectivity index (χ0n) is 13.0. The average Bonchev–Trinajstić information content (AvgIpc) is 2.90. The normalized spacial score (nSPS) is 14.0. The van der Waals surface area contributed by atoms with Crippen molar-refractivity contribution in [3.05, 3.63) is 65.1 Å². The molecular formula is C18H18N4O. The van der Waals surface area contributed by atoms with Gasteiger partial charge in [0.05, 0.1) is 11.4 Å². The van der Waals surface area contributed by atoms with Crippen molar-refractivity contribution in [2.45, 2.75) is 19.9 Å². The summed E-state index contributed by atoms with van der Waals surface area (Å²) in [5.41, 5.74) is 11.2. The average molecular weight is 306 g/mol. The number of amides is 1. The third kappa shape index (κ3) is 2.16. The van der Waals surface area contributed by atoms with Gasteiger partial charge < -0.3 is 10.6 Å². The molecule has 1 amide bonds. The molecule has 5 nitrogen and oxygen atoms in total. The Hall–Kier alpha value is -2.82. The third-order valence-electron chi connectivity index (χ3n) is 4.51. The quantitative estimate of drug-likeness (QED) is 0.790. The van der Waals surface area contributed by atoms with Gasteiger partial charge >= 0.3 is 0 Å². The minimum Gasteiger partial charge on any atom is -0.364 e. The molecular weight excluding hydrogens is 288 g/mol. The van der Waals surface area contributed by atoms with Crippen LogP contribution >= 0.6 is 0 Å². The molecule has 0 atom stereocenters. The van der Waals surface area contributed by atoms with E-state index in [4.69, 9.17) is 5.73 Å². The lowest BCUT2D eigenvalue weighted by Crippen LogP contribution is -2.30. The molecule has 0 unspecified atom stereocenters. The fraction of sp³-hybridized carbons (Fsp3) is 0.222. The van der Waals surface area contributed by atoms with E-state index in [1.54, 1.807) is 4.40 Å². The molecule has 0 aliphatic carbocycles. The first-order valence-corrected chi connectivity index (χ1v) is 7.74. The Labute approximate surface area is 134 Å². The van der Waals surface area contributed by atoms with Gasteiger partial charge in [-0.25, -0.2) is 4.98 Å². The van der Waals surface area contributed by atoms with E-state index in [0.29, 0.717) is 11.4 Å². The Morgan fingerprint density at radius 3 is 2.74 bits per heavy atom. The van der Waals surface area contributed by atoms with Crippen LogP contribution in [0.1, 0.15) is 27.3 Å². The maximum atomic E-state index is 11.7. The standard InChI is InChI=1S/C18H18N4O/c1-12-16(17(19)23)22-9-4-7-15(18(22)20-12)21-10-8-13-5-2-3-6-14(13)11-21/h2-7,9H,8,10-11H2,1H3,(H2,19,23). The number of rotatable bonds is 2. The van der Waals surface area contributed by atoms with E-state index >= 15 is 0 Å². The smallest absolute Gasteiger partial charge is 0.267 e. The molecule has 3 aromatic rings. The van der Waals surface area contributed by atoms with Gasteiger partial charge in [-0.1, -0.05) is 24.3 Å². The van der Waals surface area contributed by atoms with E-state index in [0.717, 1.165) is 30.8 Å². The highest BCUT2D eigenvalue weighted by Crippen LogP contribution is 2.28. The Kier molecular flexibility index (Phi) is 3.08. The number of hydrogen-bond donors (Lipinski definition) is 1. The van der Waals surface area contributed by atoms with Crippen LogP contribution in [0.15, 0.2) is 42.6 Å². The highest BCUT2D eigenvalue weighted by Gasteiger charge is 2.21. The second kappa shape index (κ2) is 5.12. The lowest BCUT2D eigenvalue weighted by Gasteiger charge is -2.30. The minimum atomic E-state index is -0.448. The molecule has 0 saturated heterocycles. The van der Waals surface area contributed by atoms with Gasteiger partial charge in [0.1, 0.15) is 5.69 Å². The Morgan fingerprint density at radius 2 is 1.96 bits per heavy atom. The number of anilines is 1. The first kappa shape index (κ1) is 13.8. The highest BCUT2D eigenvalue weighted by molar-refractivity contribution is 5.94. The van der Waals surface area contributed by atoms with Gasteiger partial charge in [-0.05, 0) is 36.6 Å². The molecule has 1 aliphatic rings. The van der Waals surface area contributed by atoms with Crippen LogP contribution in [0.4, 0.5) is 5.69 Å². The number of aromatic nitrogens is 2. The van der Waals surface area contributed by atoms with Crippen molar-refractivity contribution in [3.8, 4) is 0 Å². The maximum absolute atomic E-state index is 11.7. The molecule has 5 heteroatoms. The van der Waals surface area contributed by atoms with Crippen LogP contribution in [0.25, 0.3) is 5.65 Å². The van der Waals surface area contributed by atoms with Gasteiger partial charge in [-0.2, -0.15) is 0 Å². The van der Waals surface area contributed by atoms with Crippen molar-refractivity contribution in [1.82, 2.24) is 9.38 Å². The lowest BCUT2D eigenvalue weighted by molar-refractivity contribution is 0.0994. The lowest BCUT2D eigenvalue weighted by atomic mass is 9.99. The fourth-order valence-electron chi connectivity index (χ4n) is 3.41. The largest absolute Gasteiger partial charge is 0.364 e. The summed E-state index contributed by atoms with van der Waals surface area (Å²) in [6.45, 7) is 3.62. The second-order valence-electron chi connectivity index (χ2n) is 5.94. The number of hydrogen-bond acceptors (Lipinski definition) is 3. The number of pyridine rings is 1. The van der Waals surface area contributed by atoms with Crippen LogP contribution in [0, 0.1) is 6.92 Å². The monoisotopic (exact) mass is 306 g/mol. The maximum Gasteiger partial charge on any atom is 0.267 e. The predicted molar refractivity (Wildman–Crippen MR) is 89.6 cm³/mol. The minimum absolute atomic E-state index is 0.448. The van der Waals surface area contributed by atoms with Crippen LogP contribution in [0.2, 0.25) is 0 Å². The first-order chi connectivity index (χ1) is 11.1. The van der Waals surface area contributed by atoms with Crippen molar-refractivity contribution >= 4 is 17.2 Å². The molecule has 2 N–H and O–H groups in total. The topological polar surface area (TPSA) is 63.6 Å². The number of carbonyl (C=O) groups is 1. The number of primary amides is 1. The predicted octanol–water partition coefficient (Wildman–Crippen LogP) is 2.30. The van der Waals surface area contributed by atoms with Crippen molar-refractivity contribution < 1.29 is 4.79 Å². The number of carbonyl (C=O) groups excluding carboxylic acids is 1. The van der Waals surface area contributed by atoms with Crippen molar-refractivity contribution in [2.75, 3.05) is 11.4 Å². The molecule has 0 saturated carbocycles. The molecule has 0 radical (unpaired) electrons. The van der Waals surface area contributed by atoms with Crippen LogP contribution in [0.3, 0.4) is 0 Å². The Balaban J connectivity index is 1.81. The van der Waals surface area contributed by atoms with Gasteiger partial charge in [0.15, 0.2) is 5.65 Å². The molecule has 116 valence electrons.